The van der Waals surface area contributed by atoms with Crippen molar-refractivity contribution in [1.29, 1.82) is 0 Å². The minimum absolute atomic E-state index is 0.159. The van der Waals surface area contributed by atoms with Crippen molar-refractivity contribution >= 4 is 14.0 Å². The highest BCUT2D eigenvalue weighted by Crippen LogP contribution is 2.41. The molecule has 0 heterocycles. The summed E-state index contributed by atoms with van der Waals surface area (Å²) in [7, 11) is -1.70. The molecule has 0 atom stereocenters. The predicted octanol–water partition coefficient (Wildman–Crippen LogP) is 5.46. The van der Waals surface area contributed by atoms with Gasteiger partial charge in [0.2, 0.25) is 0 Å². The van der Waals surface area contributed by atoms with Gasteiger partial charge in [0.15, 0.2) is 8.32 Å². The average molecular weight is 324 g/mol. The molecule has 124 valence electrons. The Morgan fingerprint density at radius 2 is 1.73 bits per heavy atom. The van der Waals surface area contributed by atoms with Crippen molar-refractivity contribution in [2.24, 2.45) is 0 Å². The van der Waals surface area contributed by atoms with Crippen molar-refractivity contribution in [2.75, 3.05) is 5.73 Å². The molecule has 1 aromatic rings. The van der Waals surface area contributed by atoms with Gasteiger partial charge in [-0.15, -0.1) is 0 Å². The average Bonchev–Trinajstić information content (AvgIpc) is 2.38. The maximum Gasteiger partial charge on any atom is 0.192 e. The molecule has 0 spiro atoms. The first kappa shape index (κ1) is 17.5. The highest BCUT2D eigenvalue weighted by molar-refractivity contribution is 6.74. The summed E-state index contributed by atoms with van der Waals surface area (Å²) in [4.78, 5) is 0. The van der Waals surface area contributed by atoms with E-state index in [1.54, 1.807) is 6.07 Å². The maximum absolute atomic E-state index is 14.1. The normalized spacial score (nSPS) is 23.5. The molecule has 1 aromatic carbocycles. The van der Waals surface area contributed by atoms with E-state index in [4.69, 9.17) is 10.2 Å². The van der Waals surface area contributed by atoms with E-state index >= 15 is 0 Å². The summed E-state index contributed by atoms with van der Waals surface area (Å²) in [6.07, 6.45) is 4.40. The summed E-state index contributed by atoms with van der Waals surface area (Å²) in [6, 6.07) is 5.09. The van der Waals surface area contributed by atoms with Gasteiger partial charge in [-0.05, 0) is 67.4 Å². The van der Waals surface area contributed by atoms with Crippen LogP contribution in [0.2, 0.25) is 18.1 Å². The van der Waals surface area contributed by atoms with E-state index in [1.807, 2.05) is 6.07 Å². The molecule has 1 aliphatic carbocycles. The number of anilines is 1. The molecular weight excluding hydrogens is 293 g/mol. The van der Waals surface area contributed by atoms with E-state index < -0.39 is 8.32 Å². The Morgan fingerprint density at radius 3 is 2.23 bits per heavy atom. The molecule has 0 amide bonds. The first-order valence-corrected chi connectivity index (χ1v) is 11.2. The van der Waals surface area contributed by atoms with Gasteiger partial charge in [-0.1, -0.05) is 26.8 Å². The number of benzene rings is 1. The smallest absolute Gasteiger partial charge is 0.192 e. The fourth-order valence-corrected chi connectivity index (χ4v) is 4.38. The van der Waals surface area contributed by atoms with Gasteiger partial charge >= 0.3 is 0 Å². The fourth-order valence-electron chi connectivity index (χ4n) is 2.96. The second kappa shape index (κ2) is 6.32. The molecule has 1 saturated carbocycles. The van der Waals surface area contributed by atoms with Gasteiger partial charge in [0.25, 0.3) is 0 Å². The number of nitrogen functional groups attached to an aromatic ring is 1. The van der Waals surface area contributed by atoms with Crippen LogP contribution in [-0.4, -0.2) is 14.4 Å². The second-order valence-corrected chi connectivity index (χ2v) is 12.9. The first-order valence-electron chi connectivity index (χ1n) is 8.33. The van der Waals surface area contributed by atoms with Gasteiger partial charge in [0.1, 0.15) is 5.82 Å². The first-order chi connectivity index (χ1) is 10.1. The molecule has 2 nitrogen and oxygen atoms in total. The zero-order valence-electron chi connectivity index (χ0n) is 14.6. The Bertz CT molecular complexity index is 516. The second-order valence-electron chi connectivity index (χ2n) is 8.13. The molecule has 0 radical (unpaired) electrons. The van der Waals surface area contributed by atoms with Crippen LogP contribution in [0, 0.1) is 5.82 Å². The molecule has 0 bridgehead atoms. The van der Waals surface area contributed by atoms with Crippen molar-refractivity contribution in [2.45, 2.75) is 76.6 Å². The lowest BCUT2D eigenvalue weighted by Crippen LogP contribution is -2.44. The van der Waals surface area contributed by atoms with Crippen LogP contribution in [0.5, 0.6) is 0 Å². The minimum Gasteiger partial charge on any atom is -0.414 e. The molecule has 1 fully saturated rings. The molecular formula is C18H30FNOSi. The Labute approximate surface area is 135 Å². The molecule has 0 saturated heterocycles. The van der Waals surface area contributed by atoms with Gasteiger partial charge in [0.05, 0.1) is 0 Å². The van der Waals surface area contributed by atoms with Crippen LogP contribution in [0.3, 0.4) is 0 Å². The molecule has 2 N–H and O–H groups in total. The van der Waals surface area contributed by atoms with Crippen LogP contribution in [-0.2, 0) is 4.43 Å². The van der Waals surface area contributed by atoms with Gasteiger partial charge in [-0.3, -0.25) is 0 Å². The maximum atomic E-state index is 14.1. The van der Waals surface area contributed by atoms with E-state index in [0.29, 0.717) is 17.7 Å². The van der Waals surface area contributed by atoms with Gasteiger partial charge < -0.3 is 10.2 Å². The molecule has 2 rings (SSSR count). The molecule has 0 aromatic heterocycles. The molecule has 0 aliphatic heterocycles. The summed E-state index contributed by atoms with van der Waals surface area (Å²) < 4.78 is 20.6. The topological polar surface area (TPSA) is 35.2 Å². The summed E-state index contributed by atoms with van der Waals surface area (Å²) in [5.41, 5.74) is 6.95. The molecule has 1 aliphatic rings. The lowest BCUT2D eigenvalue weighted by Gasteiger charge is -2.41. The van der Waals surface area contributed by atoms with E-state index in [2.05, 4.69) is 33.9 Å². The third-order valence-electron chi connectivity index (χ3n) is 5.41. The minimum atomic E-state index is -1.70. The van der Waals surface area contributed by atoms with Gasteiger partial charge in [-0.25, -0.2) is 4.39 Å². The number of rotatable bonds is 3. The third-order valence-corrected chi connectivity index (χ3v) is 9.94. The van der Waals surface area contributed by atoms with Crippen LogP contribution >= 0.6 is 0 Å². The molecule has 4 heteroatoms. The zero-order valence-corrected chi connectivity index (χ0v) is 15.6. The Kier molecular flexibility index (Phi) is 5.02. The summed E-state index contributed by atoms with van der Waals surface area (Å²) in [5.74, 6) is 0.147. The lowest BCUT2D eigenvalue weighted by atomic mass is 9.82. The van der Waals surface area contributed by atoms with Gasteiger partial charge in [0, 0.05) is 11.8 Å². The summed E-state index contributed by atoms with van der Waals surface area (Å²) in [6.45, 7) is 11.4. The van der Waals surface area contributed by atoms with Crippen molar-refractivity contribution in [1.82, 2.24) is 0 Å². The zero-order chi connectivity index (χ0) is 16.5. The summed E-state index contributed by atoms with van der Waals surface area (Å²) in [5, 5.41) is 0.243. The Balaban J connectivity index is 1.96. The largest absolute Gasteiger partial charge is 0.414 e. The predicted molar refractivity (Wildman–Crippen MR) is 94.1 cm³/mol. The Hall–Kier alpha value is -0.873. The van der Waals surface area contributed by atoms with Crippen molar-refractivity contribution in [3.63, 3.8) is 0 Å². The highest BCUT2D eigenvalue weighted by atomic mass is 28.4. The van der Waals surface area contributed by atoms with Crippen LogP contribution in [0.25, 0.3) is 0 Å². The molecule has 0 unspecified atom stereocenters. The van der Waals surface area contributed by atoms with E-state index in [1.165, 1.54) is 6.07 Å². The van der Waals surface area contributed by atoms with Crippen LogP contribution < -0.4 is 5.73 Å². The molecule has 22 heavy (non-hydrogen) atoms. The Morgan fingerprint density at radius 1 is 1.14 bits per heavy atom. The van der Waals surface area contributed by atoms with Crippen molar-refractivity contribution in [3.8, 4) is 0 Å². The number of nitrogens with two attached hydrogens (primary N) is 1. The van der Waals surface area contributed by atoms with E-state index in [9.17, 15) is 4.39 Å². The monoisotopic (exact) mass is 323 g/mol. The number of halogens is 1. The SMILES string of the molecule is CC(C)(C)[Si](C)(C)OC1CCC(c2ccc(N)cc2F)CC1. The third kappa shape index (κ3) is 3.90. The van der Waals surface area contributed by atoms with E-state index in [-0.39, 0.29) is 10.9 Å². The van der Waals surface area contributed by atoms with Crippen LogP contribution in [0.15, 0.2) is 18.2 Å². The van der Waals surface area contributed by atoms with Crippen molar-refractivity contribution < 1.29 is 8.82 Å². The quantitative estimate of drug-likeness (QED) is 0.592. The fraction of sp³-hybridized carbons (Fsp3) is 0.667. The van der Waals surface area contributed by atoms with Crippen molar-refractivity contribution in [3.05, 3.63) is 29.6 Å². The number of hydrogen-bond acceptors (Lipinski definition) is 2. The van der Waals surface area contributed by atoms with Gasteiger partial charge in [-0.2, -0.15) is 0 Å². The highest BCUT2D eigenvalue weighted by Gasteiger charge is 2.40. The number of hydrogen-bond donors (Lipinski definition) is 1. The summed E-state index contributed by atoms with van der Waals surface area (Å²) >= 11 is 0. The van der Waals surface area contributed by atoms with Crippen LogP contribution in [0.1, 0.15) is 57.9 Å². The van der Waals surface area contributed by atoms with Crippen LogP contribution in [0.4, 0.5) is 10.1 Å². The lowest BCUT2D eigenvalue weighted by molar-refractivity contribution is 0.129. The van der Waals surface area contributed by atoms with E-state index in [0.717, 1.165) is 31.2 Å². The standard InChI is InChI=1S/C18H30FNOSi/c1-18(2,3)22(4,5)21-15-9-6-13(7-10-15)16-11-8-14(20)12-17(16)19/h8,11-13,15H,6-7,9-10,20H2,1-5H3.